The van der Waals surface area contributed by atoms with Gasteiger partial charge in [-0.1, -0.05) is 6.07 Å². The van der Waals surface area contributed by atoms with Crippen LogP contribution in [0, 0.1) is 0 Å². The lowest BCUT2D eigenvalue weighted by Gasteiger charge is -2.23. The Hall–Kier alpha value is -0.720. The monoisotopic (exact) mass is 288 g/mol. The first-order valence-electron chi connectivity index (χ1n) is 5.64. The van der Waals surface area contributed by atoms with Crippen molar-refractivity contribution < 1.29 is 8.42 Å². The zero-order chi connectivity index (χ0) is 13.8. The molecule has 102 valence electrons. The quantitative estimate of drug-likeness (QED) is 0.801. The third-order valence-electron chi connectivity index (χ3n) is 2.74. The molecule has 0 spiro atoms. The second-order valence-electron chi connectivity index (χ2n) is 4.21. The van der Waals surface area contributed by atoms with Gasteiger partial charge in [0.2, 0.25) is 0 Å². The summed E-state index contributed by atoms with van der Waals surface area (Å²) in [4.78, 5) is 3.09. The van der Waals surface area contributed by atoms with Gasteiger partial charge >= 0.3 is 0 Å². The lowest BCUT2D eigenvalue weighted by atomic mass is 10.1. The highest BCUT2D eigenvalue weighted by atomic mass is 32.2. The maximum absolute atomic E-state index is 11.2. The van der Waals surface area contributed by atoms with Gasteiger partial charge in [0.25, 0.3) is 0 Å². The number of nitrogens with two attached hydrogens (primary N) is 1. The number of thioether (sulfide) groups is 1. The van der Waals surface area contributed by atoms with E-state index in [0.717, 1.165) is 16.1 Å². The van der Waals surface area contributed by atoms with Crippen LogP contribution in [0.4, 0.5) is 5.69 Å². The van der Waals surface area contributed by atoms with Gasteiger partial charge in [-0.15, -0.1) is 11.8 Å². The van der Waals surface area contributed by atoms with Crippen molar-refractivity contribution >= 4 is 27.3 Å². The molecule has 0 aliphatic carbocycles. The Labute approximate surface area is 113 Å². The zero-order valence-corrected chi connectivity index (χ0v) is 12.6. The van der Waals surface area contributed by atoms with E-state index < -0.39 is 9.84 Å². The second-order valence-corrected chi connectivity index (χ2v) is 7.32. The molecule has 0 saturated heterocycles. The summed E-state index contributed by atoms with van der Waals surface area (Å²) < 4.78 is 22.4. The molecule has 6 heteroatoms. The number of rotatable bonds is 6. The Bertz CT molecular complexity index is 501. The van der Waals surface area contributed by atoms with E-state index in [-0.39, 0.29) is 5.75 Å². The molecule has 0 atom stereocenters. The topological polar surface area (TPSA) is 63.4 Å². The van der Waals surface area contributed by atoms with Crippen molar-refractivity contribution in [3.8, 4) is 0 Å². The predicted octanol–water partition coefficient (Wildman–Crippen LogP) is 1.35. The zero-order valence-electron chi connectivity index (χ0n) is 11.0. The fraction of sp³-hybridized carbons (Fsp3) is 0.500. The smallest absolute Gasteiger partial charge is 0.149 e. The van der Waals surface area contributed by atoms with Crippen molar-refractivity contribution in [1.29, 1.82) is 0 Å². The van der Waals surface area contributed by atoms with Gasteiger partial charge in [-0.25, -0.2) is 8.42 Å². The van der Waals surface area contributed by atoms with E-state index in [1.807, 2.05) is 36.4 Å². The number of nitrogens with zero attached hydrogens (tertiary/aromatic N) is 1. The van der Waals surface area contributed by atoms with Gasteiger partial charge in [0.1, 0.15) is 9.84 Å². The van der Waals surface area contributed by atoms with E-state index in [4.69, 9.17) is 5.73 Å². The minimum atomic E-state index is -2.94. The van der Waals surface area contributed by atoms with E-state index in [1.165, 1.54) is 6.26 Å². The number of hydrogen-bond donors (Lipinski definition) is 1. The van der Waals surface area contributed by atoms with E-state index in [2.05, 4.69) is 0 Å². The Balaban J connectivity index is 2.94. The molecule has 0 aliphatic rings. The summed E-state index contributed by atoms with van der Waals surface area (Å²) >= 11 is 1.65. The molecule has 0 aromatic heterocycles. The van der Waals surface area contributed by atoms with Gasteiger partial charge in [0.15, 0.2) is 0 Å². The molecular formula is C12H20N2O2S2. The third kappa shape index (κ3) is 4.19. The molecule has 0 unspecified atom stereocenters. The molecule has 0 radical (unpaired) electrons. The molecule has 18 heavy (non-hydrogen) atoms. The minimum absolute atomic E-state index is 0.150. The largest absolute Gasteiger partial charge is 0.373 e. The van der Waals surface area contributed by atoms with Crippen molar-refractivity contribution in [3.63, 3.8) is 0 Å². The normalized spacial score (nSPS) is 11.6. The molecule has 2 N–H and O–H groups in total. The minimum Gasteiger partial charge on any atom is -0.373 e. The van der Waals surface area contributed by atoms with Crippen LogP contribution in [0.2, 0.25) is 0 Å². The SMILES string of the molecule is CSc1cccc(N(C)CCS(C)(=O)=O)c1CN. The first-order chi connectivity index (χ1) is 8.39. The summed E-state index contributed by atoms with van der Waals surface area (Å²) in [6.45, 7) is 0.930. The number of sulfone groups is 1. The van der Waals surface area contributed by atoms with Crippen LogP contribution in [0.25, 0.3) is 0 Å². The summed E-state index contributed by atoms with van der Waals surface area (Å²) in [6.07, 6.45) is 3.26. The molecule has 1 aromatic carbocycles. The molecule has 0 saturated carbocycles. The summed E-state index contributed by atoms with van der Waals surface area (Å²) in [5, 5.41) is 0. The van der Waals surface area contributed by atoms with Crippen LogP contribution in [0.3, 0.4) is 0 Å². The van der Waals surface area contributed by atoms with E-state index >= 15 is 0 Å². The molecule has 0 bridgehead atoms. The maximum Gasteiger partial charge on any atom is 0.149 e. The average molecular weight is 288 g/mol. The molecule has 4 nitrogen and oxygen atoms in total. The number of anilines is 1. The molecule has 0 fully saturated rings. The van der Waals surface area contributed by atoms with Crippen LogP contribution in [0.1, 0.15) is 5.56 Å². The van der Waals surface area contributed by atoms with Crippen LogP contribution in [-0.2, 0) is 16.4 Å². The van der Waals surface area contributed by atoms with Crippen molar-refractivity contribution in [3.05, 3.63) is 23.8 Å². The highest BCUT2D eigenvalue weighted by molar-refractivity contribution is 7.98. The first-order valence-corrected chi connectivity index (χ1v) is 8.92. The van der Waals surface area contributed by atoms with Crippen LogP contribution < -0.4 is 10.6 Å². The summed E-state index contributed by atoms with van der Waals surface area (Å²) in [6, 6.07) is 5.97. The fourth-order valence-electron chi connectivity index (χ4n) is 1.73. The predicted molar refractivity (Wildman–Crippen MR) is 79.1 cm³/mol. The molecule has 0 amide bonds. The van der Waals surface area contributed by atoms with Crippen molar-refractivity contribution in [1.82, 2.24) is 0 Å². The highest BCUT2D eigenvalue weighted by Gasteiger charge is 2.12. The van der Waals surface area contributed by atoms with Crippen LogP contribution in [-0.4, -0.2) is 40.3 Å². The van der Waals surface area contributed by atoms with Gasteiger partial charge in [0.05, 0.1) is 5.75 Å². The Morgan fingerprint density at radius 2 is 2.06 bits per heavy atom. The average Bonchev–Trinajstić information content (AvgIpc) is 2.33. The van der Waals surface area contributed by atoms with Gasteiger partial charge in [-0.3, -0.25) is 0 Å². The van der Waals surface area contributed by atoms with E-state index in [1.54, 1.807) is 11.8 Å². The van der Waals surface area contributed by atoms with Gasteiger partial charge in [-0.2, -0.15) is 0 Å². The number of benzene rings is 1. The fourth-order valence-corrected chi connectivity index (χ4v) is 2.99. The first kappa shape index (κ1) is 15.3. The van der Waals surface area contributed by atoms with Gasteiger partial charge in [0, 0.05) is 42.5 Å². The van der Waals surface area contributed by atoms with Crippen LogP contribution in [0.15, 0.2) is 23.1 Å². The van der Waals surface area contributed by atoms with Gasteiger partial charge < -0.3 is 10.6 Å². The lowest BCUT2D eigenvalue weighted by Crippen LogP contribution is -2.26. The van der Waals surface area contributed by atoms with E-state index in [0.29, 0.717) is 13.1 Å². The van der Waals surface area contributed by atoms with Gasteiger partial charge in [-0.05, 0) is 18.4 Å². The lowest BCUT2D eigenvalue weighted by molar-refractivity contribution is 0.601. The molecule has 0 aliphatic heterocycles. The third-order valence-corrected chi connectivity index (χ3v) is 4.49. The molecule has 0 heterocycles. The summed E-state index contributed by atoms with van der Waals surface area (Å²) in [5.41, 5.74) is 7.87. The van der Waals surface area contributed by atoms with E-state index in [9.17, 15) is 8.42 Å². The molecular weight excluding hydrogens is 268 g/mol. The molecule has 1 aromatic rings. The summed E-state index contributed by atoms with van der Waals surface area (Å²) in [5.74, 6) is 0.150. The number of hydrogen-bond acceptors (Lipinski definition) is 5. The Kier molecular flexibility index (Phi) is 5.49. The Morgan fingerprint density at radius 1 is 1.39 bits per heavy atom. The Morgan fingerprint density at radius 3 is 2.56 bits per heavy atom. The van der Waals surface area contributed by atoms with Crippen LogP contribution in [0.5, 0.6) is 0 Å². The van der Waals surface area contributed by atoms with Crippen molar-refractivity contribution in [2.24, 2.45) is 5.73 Å². The maximum atomic E-state index is 11.2. The highest BCUT2D eigenvalue weighted by Crippen LogP contribution is 2.28. The molecule has 1 rings (SSSR count). The van der Waals surface area contributed by atoms with Crippen LogP contribution >= 0.6 is 11.8 Å². The standard InChI is InChI=1S/C12H20N2O2S2/c1-14(7-8-18(3,15)16)11-5-4-6-12(17-2)10(11)9-13/h4-6H,7-9,13H2,1-3H3. The van der Waals surface area contributed by atoms with Crippen molar-refractivity contribution in [2.75, 3.05) is 36.8 Å². The summed E-state index contributed by atoms with van der Waals surface area (Å²) in [7, 11) is -1.05. The second kappa shape index (κ2) is 6.45. The van der Waals surface area contributed by atoms with Crippen molar-refractivity contribution in [2.45, 2.75) is 11.4 Å².